The van der Waals surface area contributed by atoms with Crippen LogP contribution in [-0.2, 0) is 0 Å². The molecule has 0 spiro atoms. The number of aromatic carboxylic acids is 1. The Morgan fingerprint density at radius 1 is 1.17 bits per heavy atom. The van der Waals surface area contributed by atoms with Gasteiger partial charge in [0.25, 0.3) is 0 Å². The van der Waals surface area contributed by atoms with Gasteiger partial charge in [0.15, 0.2) is 0 Å². The lowest BCUT2D eigenvalue weighted by Crippen LogP contribution is -1.96. The lowest BCUT2D eigenvalue weighted by atomic mass is 10.0. The van der Waals surface area contributed by atoms with Crippen molar-refractivity contribution in [3.8, 4) is 11.1 Å². The fraction of sp³-hybridized carbons (Fsp3) is 0.200. The smallest absolute Gasteiger partial charge is 0.335 e. The number of pyridine rings is 1. The monoisotopic (exact) mass is 241 g/mol. The van der Waals surface area contributed by atoms with Crippen LogP contribution in [0.3, 0.4) is 0 Å². The van der Waals surface area contributed by atoms with Gasteiger partial charge in [0.2, 0.25) is 0 Å². The SMILES string of the molecule is CC(C)c1cc(-c2cccc(C(=O)O)c2)ccn1. The van der Waals surface area contributed by atoms with E-state index in [1.165, 1.54) is 0 Å². The lowest BCUT2D eigenvalue weighted by molar-refractivity contribution is 0.0697. The molecule has 0 bridgehead atoms. The van der Waals surface area contributed by atoms with Crippen LogP contribution in [0.1, 0.15) is 35.8 Å². The zero-order valence-electron chi connectivity index (χ0n) is 10.4. The number of aromatic nitrogens is 1. The first-order valence-electron chi connectivity index (χ1n) is 5.87. The molecule has 0 saturated heterocycles. The Hall–Kier alpha value is -2.16. The van der Waals surface area contributed by atoms with Gasteiger partial charge in [-0.1, -0.05) is 26.0 Å². The first-order chi connectivity index (χ1) is 8.58. The zero-order valence-corrected chi connectivity index (χ0v) is 10.4. The maximum atomic E-state index is 10.9. The highest BCUT2D eigenvalue weighted by Gasteiger charge is 2.07. The highest BCUT2D eigenvalue weighted by Crippen LogP contribution is 2.23. The topological polar surface area (TPSA) is 50.2 Å². The van der Waals surface area contributed by atoms with E-state index in [1.807, 2.05) is 18.2 Å². The molecular weight excluding hydrogens is 226 g/mol. The third-order valence-electron chi connectivity index (χ3n) is 2.82. The van der Waals surface area contributed by atoms with Crippen LogP contribution >= 0.6 is 0 Å². The van der Waals surface area contributed by atoms with Gasteiger partial charge in [-0.2, -0.15) is 0 Å². The molecule has 0 atom stereocenters. The van der Waals surface area contributed by atoms with E-state index in [4.69, 9.17) is 5.11 Å². The average molecular weight is 241 g/mol. The van der Waals surface area contributed by atoms with Gasteiger partial charge >= 0.3 is 5.97 Å². The van der Waals surface area contributed by atoms with E-state index in [2.05, 4.69) is 18.8 Å². The van der Waals surface area contributed by atoms with Crippen LogP contribution in [-0.4, -0.2) is 16.1 Å². The van der Waals surface area contributed by atoms with Gasteiger partial charge < -0.3 is 5.11 Å². The molecule has 0 amide bonds. The second-order valence-electron chi connectivity index (χ2n) is 4.51. The summed E-state index contributed by atoms with van der Waals surface area (Å²) < 4.78 is 0. The molecular formula is C15H15NO2. The predicted molar refractivity (Wildman–Crippen MR) is 70.7 cm³/mol. The highest BCUT2D eigenvalue weighted by atomic mass is 16.4. The summed E-state index contributed by atoms with van der Waals surface area (Å²) in [6.07, 6.45) is 1.76. The molecule has 3 heteroatoms. The number of hydrogen-bond acceptors (Lipinski definition) is 2. The van der Waals surface area contributed by atoms with Crippen LogP contribution in [0.15, 0.2) is 42.6 Å². The number of nitrogens with zero attached hydrogens (tertiary/aromatic N) is 1. The van der Waals surface area contributed by atoms with Gasteiger partial charge in [0.1, 0.15) is 0 Å². The molecule has 0 aliphatic carbocycles. The number of rotatable bonds is 3. The van der Waals surface area contributed by atoms with Gasteiger partial charge in [0, 0.05) is 11.9 Å². The minimum Gasteiger partial charge on any atom is -0.478 e. The second kappa shape index (κ2) is 5.00. The molecule has 3 nitrogen and oxygen atoms in total. The van der Waals surface area contributed by atoms with Crippen molar-refractivity contribution < 1.29 is 9.90 Å². The summed E-state index contributed by atoms with van der Waals surface area (Å²) in [5, 5.41) is 8.99. The summed E-state index contributed by atoms with van der Waals surface area (Å²) in [6, 6.07) is 10.8. The van der Waals surface area contributed by atoms with Gasteiger partial charge in [-0.25, -0.2) is 4.79 Å². The van der Waals surface area contributed by atoms with Gasteiger partial charge in [0.05, 0.1) is 5.56 Å². The molecule has 1 aromatic carbocycles. The van der Waals surface area contributed by atoms with E-state index in [0.29, 0.717) is 11.5 Å². The van der Waals surface area contributed by atoms with Crippen LogP contribution in [0.5, 0.6) is 0 Å². The molecule has 1 aromatic heterocycles. The summed E-state index contributed by atoms with van der Waals surface area (Å²) in [7, 11) is 0. The Morgan fingerprint density at radius 3 is 2.56 bits per heavy atom. The van der Waals surface area contributed by atoms with Crippen LogP contribution in [0.2, 0.25) is 0 Å². The van der Waals surface area contributed by atoms with Crippen molar-refractivity contribution in [1.29, 1.82) is 0 Å². The summed E-state index contributed by atoms with van der Waals surface area (Å²) in [4.78, 5) is 15.3. The Morgan fingerprint density at radius 2 is 1.89 bits per heavy atom. The Bertz CT molecular complexity index is 576. The Balaban J connectivity index is 2.45. The summed E-state index contributed by atoms with van der Waals surface area (Å²) in [6.45, 7) is 4.17. The largest absolute Gasteiger partial charge is 0.478 e. The van der Waals surface area contributed by atoms with Crippen molar-refractivity contribution in [2.45, 2.75) is 19.8 Å². The molecule has 0 radical (unpaired) electrons. The van der Waals surface area contributed by atoms with Crippen molar-refractivity contribution in [3.63, 3.8) is 0 Å². The van der Waals surface area contributed by atoms with Gasteiger partial charge in [-0.05, 0) is 41.3 Å². The third kappa shape index (κ3) is 2.56. The Labute approximate surface area is 106 Å². The minimum absolute atomic E-state index is 0.301. The van der Waals surface area contributed by atoms with Crippen molar-refractivity contribution in [1.82, 2.24) is 4.98 Å². The van der Waals surface area contributed by atoms with E-state index < -0.39 is 5.97 Å². The molecule has 2 aromatic rings. The molecule has 1 heterocycles. The first-order valence-corrected chi connectivity index (χ1v) is 5.87. The molecule has 0 fully saturated rings. The fourth-order valence-corrected chi connectivity index (χ4v) is 1.78. The lowest BCUT2D eigenvalue weighted by Gasteiger charge is -2.07. The molecule has 2 rings (SSSR count). The van der Waals surface area contributed by atoms with Gasteiger partial charge in [-0.15, -0.1) is 0 Å². The zero-order chi connectivity index (χ0) is 13.1. The molecule has 92 valence electrons. The first kappa shape index (κ1) is 12.3. The normalized spacial score (nSPS) is 10.6. The van der Waals surface area contributed by atoms with Crippen LogP contribution in [0.4, 0.5) is 0 Å². The van der Waals surface area contributed by atoms with Crippen LogP contribution in [0.25, 0.3) is 11.1 Å². The van der Waals surface area contributed by atoms with E-state index in [-0.39, 0.29) is 0 Å². The van der Waals surface area contributed by atoms with E-state index in [9.17, 15) is 4.79 Å². The quantitative estimate of drug-likeness (QED) is 0.893. The number of hydrogen-bond donors (Lipinski definition) is 1. The highest BCUT2D eigenvalue weighted by molar-refractivity contribution is 5.89. The molecule has 0 saturated carbocycles. The molecule has 0 unspecified atom stereocenters. The molecule has 1 N–H and O–H groups in total. The maximum absolute atomic E-state index is 10.9. The minimum atomic E-state index is -0.907. The third-order valence-corrected chi connectivity index (χ3v) is 2.82. The molecule has 0 aliphatic heterocycles. The van der Waals surface area contributed by atoms with Crippen molar-refractivity contribution in [2.24, 2.45) is 0 Å². The maximum Gasteiger partial charge on any atom is 0.335 e. The number of carboxylic acids is 1. The summed E-state index contributed by atoms with van der Waals surface area (Å²) >= 11 is 0. The van der Waals surface area contributed by atoms with Crippen molar-refractivity contribution >= 4 is 5.97 Å². The number of carbonyl (C=O) groups is 1. The second-order valence-corrected chi connectivity index (χ2v) is 4.51. The fourth-order valence-electron chi connectivity index (χ4n) is 1.78. The van der Waals surface area contributed by atoms with Crippen LogP contribution < -0.4 is 0 Å². The van der Waals surface area contributed by atoms with E-state index in [1.54, 1.807) is 24.4 Å². The average Bonchev–Trinajstić information content (AvgIpc) is 2.39. The molecule has 18 heavy (non-hydrogen) atoms. The van der Waals surface area contributed by atoms with Crippen molar-refractivity contribution in [3.05, 3.63) is 53.9 Å². The summed E-state index contributed by atoms with van der Waals surface area (Å²) in [5.74, 6) is -0.553. The van der Waals surface area contributed by atoms with E-state index >= 15 is 0 Å². The molecule has 0 aliphatic rings. The van der Waals surface area contributed by atoms with Gasteiger partial charge in [-0.3, -0.25) is 4.98 Å². The summed E-state index contributed by atoms with van der Waals surface area (Å²) in [5.41, 5.74) is 3.21. The number of benzene rings is 1. The van der Waals surface area contributed by atoms with Crippen molar-refractivity contribution in [2.75, 3.05) is 0 Å². The number of carboxylic acid groups (broad SMARTS) is 1. The van der Waals surface area contributed by atoms with Crippen LogP contribution in [0, 0.1) is 0 Å². The van der Waals surface area contributed by atoms with E-state index in [0.717, 1.165) is 16.8 Å². The Kier molecular flexibility index (Phi) is 3.42. The standard InChI is InChI=1S/C15H15NO2/c1-10(2)14-9-12(6-7-16-14)11-4-3-5-13(8-11)15(17)18/h3-10H,1-2H3,(H,17,18). The predicted octanol–water partition coefficient (Wildman–Crippen LogP) is 3.57.